The minimum absolute atomic E-state index is 0.0167. The molecule has 0 saturated heterocycles. The molecule has 0 fully saturated rings. The molecule has 0 aliphatic carbocycles. The summed E-state index contributed by atoms with van der Waals surface area (Å²) in [5, 5.41) is 3.29. The highest BCUT2D eigenvalue weighted by atomic mass is 35.5. The standard InChI is InChI=1S/C13H7ClF5N3/c14-10-3-8(13(17,18)19)6-20-12(10)22-21-5-7-1-2-9(15)4-11(7)16/h1-6H,(H,20,22). The van der Waals surface area contributed by atoms with Gasteiger partial charge in [0.25, 0.3) is 0 Å². The van der Waals surface area contributed by atoms with Crippen LogP contribution >= 0.6 is 11.6 Å². The van der Waals surface area contributed by atoms with E-state index in [1.54, 1.807) is 0 Å². The number of alkyl halides is 3. The van der Waals surface area contributed by atoms with Crippen LogP contribution in [0.15, 0.2) is 35.6 Å². The Labute approximate surface area is 126 Å². The van der Waals surface area contributed by atoms with E-state index in [0.29, 0.717) is 18.3 Å². The molecule has 22 heavy (non-hydrogen) atoms. The highest BCUT2D eigenvalue weighted by Crippen LogP contribution is 2.32. The van der Waals surface area contributed by atoms with Gasteiger partial charge in [-0.25, -0.2) is 13.8 Å². The van der Waals surface area contributed by atoms with Gasteiger partial charge in [-0.05, 0) is 18.2 Å². The zero-order chi connectivity index (χ0) is 16.3. The van der Waals surface area contributed by atoms with Crippen LogP contribution in [-0.4, -0.2) is 11.2 Å². The number of aromatic nitrogens is 1. The number of benzene rings is 1. The van der Waals surface area contributed by atoms with Crippen molar-refractivity contribution < 1.29 is 22.0 Å². The van der Waals surface area contributed by atoms with E-state index in [0.717, 1.165) is 18.3 Å². The molecule has 2 rings (SSSR count). The molecule has 0 amide bonds. The predicted octanol–water partition coefficient (Wildman–Crippen LogP) is 4.48. The summed E-state index contributed by atoms with van der Waals surface area (Å²) >= 11 is 5.65. The SMILES string of the molecule is Fc1ccc(C=NNc2ncc(C(F)(F)F)cc2Cl)c(F)c1. The van der Waals surface area contributed by atoms with Crippen LogP contribution in [0.1, 0.15) is 11.1 Å². The van der Waals surface area contributed by atoms with Crippen LogP contribution < -0.4 is 5.43 Å². The highest BCUT2D eigenvalue weighted by molar-refractivity contribution is 6.32. The van der Waals surface area contributed by atoms with Crippen LogP contribution in [0.2, 0.25) is 5.02 Å². The number of pyridine rings is 1. The van der Waals surface area contributed by atoms with E-state index in [-0.39, 0.29) is 16.4 Å². The summed E-state index contributed by atoms with van der Waals surface area (Å²) in [5.74, 6) is -1.71. The molecule has 0 aliphatic rings. The Kier molecular flexibility index (Phi) is 4.60. The number of nitrogens with zero attached hydrogens (tertiary/aromatic N) is 2. The van der Waals surface area contributed by atoms with Crippen LogP contribution in [-0.2, 0) is 6.18 Å². The zero-order valence-electron chi connectivity index (χ0n) is 10.6. The lowest BCUT2D eigenvalue weighted by molar-refractivity contribution is -0.137. The van der Waals surface area contributed by atoms with Crippen molar-refractivity contribution in [1.82, 2.24) is 4.98 Å². The molecule has 1 N–H and O–H groups in total. The van der Waals surface area contributed by atoms with Crippen molar-refractivity contribution in [3.8, 4) is 0 Å². The second-order valence-electron chi connectivity index (χ2n) is 4.09. The summed E-state index contributed by atoms with van der Waals surface area (Å²) < 4.78 is 63.3. The van der Waals surface area contributed by atoms with Crippen LogP contribution in [0.25, 0.3) is 0 Å². The largest absolute Gasteiger partial charge is 0.417 e. The van der Waals surface area contributed by atoms with Crippen molar-refractivity contribution in [2.75, 3.05) is 5.43 Å². The average molecular weight is 336 g/mol. The summed E-state index contributed by atoms with van der Waals surface area (Å²) in [5.41, 5.74) is 1.26. The maximum Gasteiger partial charge on any atom is 0.417 e. The Morgan fingerprint density at radius 3 is 2.50 bits per heavy atom. The third kappa shape index (κ3) is 3.91. The molecule has 0 radical (unpaired) electrons. The van der Waals surface area contributed by atoms with Crippen LogP contribution in [0, 0.1) is 11.6 Å². The van der Waals surface area contributed by atoms with E-state index < -0.39 is 23.4 Å². The summed E-state index contributed by atoms with van der Waals surface area (Å²) in [7, 11) is 0. The van der Waals surface area contributed by atoms with Crippen LogP contribution in [0.3, 0.4) is 0 Å². The van der Waals surface area contributed by atoms with Gasteiger partial charge in [0.15, 0.2) is 5.82 Å². The molecule has 3 nitrogen and oxygen atoms in total. The normalized spacial score (nSPS) is 11.9. The number of hydrazone groups is 1. The molecule has 1 aromatic heterocycles. The topological polar surface area (TPSA) is 37.3 Å². The number of hydrogen-bond acceptors (Lipinski definition) is 3. The fraction of sp³-hybridized carbons (Fsp3) is 0.0769. The van der Waals surface area contributed by atoms with Gasteiger partial charge in [0.05, 0.1) is 16.8 Å². The van der Waals surface area contributed by atoms with Crippen molar-refractivity contribution in [2.45, 2.75) is 6.18 Å². The van der Waals surface area contributed by atoms with Gasteiger partial charge in [0.2, 0.25) is 0 Å². The number of hydrogen-bond donors (Lipinski definition) is 1. The van der Waals surface area contributed by atoms with Gasteiger partial charge in [0, 0.05) is 17.8 Å². The van der Waals surface area contributed by atoms with Gasteiger partial charge in [0.1, 0.15) is 11.6 Å². The van der Waals surface area contributed by atoms with E-state index in [9.17, 15) is 22.0 Å². The lowest BCUT2D eigenvalue weighted by Gasteiger charge is -2.08. The molecule has 0 bridgehead atoms. The molecular weight excluding hydrogens is 329 g/mol. The van der Waals surface area contributed by atoms with Gasteiger partial charge >= 0.3 is 6.18 Å². The van der Waals surface area contributed by atoms with Gasteiger partial charge < -0.3 is 0 Å². The van der Waals surface area contributed by atoms with Crippen molar-refractivity contribution in [3.05, 3.63) is 58.2 Å². The Morgan fingerprint density at radius 1 is 1.18 bits per heavy atom. The molecule has 1 aromatic carbocycles. The first-order valence-electron chi connectivity index (χ1n) is 5.74. The average Bonchev–Trinajstić information content (AvgIpc) is 2.41. The molecule has 1 heterocycles. The highest BCUT2D eigenvalue weighted by Gasteiger charge is 2.31. The van der Waals surface area contributed by atoms with Crippen molar-refractivity contribution in [1.29, 1.82) is 0 Å². The molecule has 116 valence electrons. The summed E-state index contributed by atoms with van der Waals surface area (Å²) in [4.78, 5) is 3.48. The fourth-order valence-corrected chi connectivity index (χ4v) is 1.65. The Hall–Kier alpha value is -2.22. The summed E-state index contributed by atoms with van der Waals surface area (Å²) in [6.45, 7) is 0. The second kappa shape index (κ2) is 6.27. The van der Waals surface area contributed by atoms with E-state index in [4.69, 9.17) is 11.6 Å². The minimum atomic E-state index is -4.56. The quantitative estimate of drug-likeness (QED) is 0.510. The molecule has 0 atom stereocenters. The molecule has 0 aliphatic heterocycles. The molecule has 9 heteroatoms. The third-order valence-electron chi connectivity index (χ3n) is 2.51. The van der Waals surface area contributed by atoms with Gasteiger partial charge in [-0.1, -0.05) is 11.6 Å². The lowest BCUT2D eigenvalue weighted by Crippen LogP contribution is -2.06. The maximum absolute atomic E-state index is 13.3. The monoisotopic (exact) mass is 335 g/mol. The second-order valence-corrected chi connectivity index (χ2v) is 4.50. The minimum Gasteiger partial charge on any atom is -0.260 e. The van der Waals surface area contributed by atoms with E-state index >= 15 is 0 Å². The van der Waals surface area contributed by atoms with Gasteiger partial charge in [-0.2, -0.15) is 18.3 Å². The van der Waals surface area contributed by atoms with E-state index in [1.807, 2.05) is 0 Å². The van der Waals surface area contributed by atoms with Crippen molar-refractivity contribution >= 4 is 23.6 Å². The first-order chi connectivity index (χ1) is 10.3. The smallest absolute Gasteiger partial charge is 0.260 e. The first-order valence-corrected chi connectivity index (χ1v) is 6.12. The molecule has 2 aromatic rings. The van der Waals surface area contributed by atoms with E-state index in [2.05, 4.69) is 15.5 Å². The zero-order valence-corrected chi connectivity index (χ0v) is 11.4. The van der Waals surface area contributed by atoms with Crippen LogP contribution in [0.5, 0.6) is 0 Å². The van der Waals surface area contributed by atoms with E-state index in [1.165, 1.54) is 0 Å². The number of anilines is 1. The first kappa shape index (κ1) is 16.2. The molecular formula is C13H7ClF5N3. The Bertz CT molecular complexity index is 715. The number of rotatable bonds is 3. The lowest BCUT2D eigenvalue weighted by atomic mass is 10.2. The van der Waals surface area contributed by atoms with Crippen LogP contribution in [0.4, 0.5) is 27.8 Å². The van der Waals surface area contributed by atoms with Gasteiger partial charge in [-0.3, -0.25) is 5.43 Å². The molecule has 0 unspecified atom stereocenters. The van der Waals surface area contributed by atoms with Gasteiger partial charge in [-0.15, -0.1) is 0 Å². The summed E-state index contributed by atoms with van der Waals surface area (Å²) in [6.07, 6.45) is -2.96. The molecule has 0 saturated carbocycles. The Morgan fingerprint density at radius 2 is 1.91 bits per heavy atom. The number of nitrogens with one attached hydrogen (secondary N) is 1. The number of halogens is 6. The molecule has 0 spiro atoms. The maximum atomic E-state index is 13.3. The predicted molar refractivity (Wildman–Crippen MR) is 71.8 cm³/mol. The third-order valence-corrected chi connectivity index (χ3v) is 2.79. The Balaban J connectivity index is 2.13. The van der Waals surface area contributed by atoms with Crippen molar-refractivity contribution in [2.24, 2.45) is 5.10 Å². The summed E-state index contributed by atoms with van der Waals surface area (Å²) in [6, 6.07) is 3.54. The van der Waals surface area contributed by atoms with Crippen molar-refractivity contribution in [3.63, 3.8) is 0 Å². The fourth-order valence-electron chi connectivity index (χ4n) is 1.44.